The molecule has 2 aromatic rings. The van der Waals surface area contributed by atoms with Crippen LogP contribution in [0.25, 0.3) is 0 Å². The maximum absolute atomic E-state index is 12.9. The average Bonchev–Trinajstić information content (AvgIpc) is 2.46. The molecule has 0 aromatic heterocycles. The lowest BCUT2D eigenvalue weighted by molar-refractivity contribution is -0.137. The van der Waals surface area contributed by atoms with Crippen molar-refractivity contribution in [3.63, 3.8) is 0 Å². The molecule has 1 heterocycles. The van der Waals surface area contributed by atoms with E-state index >= 15 is 0 Å². The van der Waals surface area contributed by atoms with Crippen molar-refractivity contribution in [1.82, 2.24) is 0 Å². The Balaban J connectivity index is 1.94. The summed E-state index contributed by atoms with van der Waals surface area (Å²) in [5.74, 6) is 0.239. The van der Waals surface area contributed by atoms with Crippen molar-refractivity contribution in [3.8, 4) is 0 Å². The average molecular weight is 291 g/mol. The summed E-state index contributed by atoms with van der Waals surface area (Å²) in [5, 5.41) is 3.37. The Morgan fingerprint density at radius 2 is 1.81 bits per heavy atom. The van der Waals surface area contributed by atoms with Crippen molar-refractivity contribution in [2.45, 2.75) is 25.6 Å². The van der Waals surface area contributed by atoms with Crippen molar-refractivity contribution in [3.05, 3.63) is 65.2 Å². The Morgan fingerprint density at radius 1 is 1.05 bits per heavy atom. The van der Waals surface area contributed by atoms with Crippen LogP contribution in [0.4, 0.5) is 18.9 Å². The standard InChI is InChI=1S/C17H16F3N/c1-11-9-12-5-2-3-8-15(12)21-16(11)13-6-4-7-14(10-13)17(18,19)20/h2-8,10-11,16,21H,9H2,1H3. The van der Waals surface area contributed by atoms with Crippen LogP contribution >= 0.6 is 0 Å². The molecule has 4 heteroatoms. The Hall–Kier alpha value is -1.97. The topological polar surface area (TPSA) is 12.0 Å². The first-order valence-electron chi connectivity index (χ1n) is 6.97. The molecule has 2 unspecified atom stereocenters. The molecule has 0 radical (unpaired) electrons. The van der Waals surface area contributed by atoms with Gasteiger partial charge in [0.05, 0.1) is 11.6 Å². The molecule has 0 saturated heterocycles. The van der Waals surface area contributed by atoms with E-state index in [0.717, 1.165) is 18.2 Å². The number of anilines is 1. The van der Waals surface area contributed by atoms with Crippen LogP contribution in [-0.4, -0.2) is 0 Å². The van der Waals surface area contributed by atoms with Crippen LogP contribution in [0.3, 0.4) is 0 Å². The molecule has 0 amide bonds. The van der Waals surface area contributed by atoms with Crippen molar-refractivity contribution in [2.75, 3.05) is 5.32 Å². The van der Waals surface area contributed by atoms with Crippen molar-refractivity contribution < 1.29 is 13.2 Å². The van der Waals surface area contributed by atoms with Crippen LogP contribution < -0.4 is 5.32 Å². The molecular formula is C17H16F3N. The molecule has 0 fully saturated rings. The number of hydrogen-bond acceptors (Lipinski definition) is 1. The molecule has 0 saturated carbocycles. The van der Waals surface area contributed by atoms with Crippen LogP contribution in [0, 0.1) is 5.92 Å². The summed E-state index contributed by atoms with van der Waals surface area (Å²) < 4.78 is 38.6. The summed E-state index contributed by atoms with van der Waals surface area (Å²) in [7, 11) is 0. The number of para-hydroxylation sites is 1. The van der Waals surface area contributed by atoms with E-state index in [9.17, 15) is 13.2 Å². The minimum Gasteiger partial charge on any atom is -0.378 e. The maximum Gasteiger partial charge on any atom is 0.416 e. The highest BCUT2D eigenvalue weighted by molar-refractivity contribution is 5.55. The second kappa shape index (κ2) is 5.10. The smallest absolute Gasteiger partial charge is 0.378 e. The second-order valence-electron chi connectivity index (χ2n) is 5.58. The number of benzene rings is 2. The number of nitrogens with one attached hydrogen (secondary N) is 1. The molecule has 1 N–H and O–H groups in total. The van der Waals surface area contributed by atoms with Crippen molar-refractivity contribution in [2.24, 2.45) is 5.92 Å². The maximum atomic E-state index is 12.9. The van der Waals surface area contributed by atoms with Crippen LogP contribution in [0.1, 0.15) is 29.7 Å². The SMILES string of the molecule is CC1Cc2ccccc2NC1c1cccc(C(F)(F)F)c1. The number of rotatable bonds is 1. The van der Waals surface area contributed by atoms with Gasteiger partial charge in [0.25, 0.3) is 0 Å². The van der Waals surface area contributed by atoms with Crippen LogP contribution in [0.2, 0.25) is 0 Å². The summed E-state index contributed by atoms with van der Waals surface area (Å²) >= 11 is 0. The Labute approximate surface area is 121 Å². The van der Waals surface area contributed by atoms with Crippen LogP contribution in [-0.2, 0) is 12.6 Å². The lowest BCUT2D eigenvalue weighted by Crippen LogP contribution is -2.26. The molecule has 2 aromatic carbocycles. The zero-order valence-electron chi connectivity index (χ0n) is 11.6. The number of halogens is 3. The molecule has 21 heavy (non-hydrogen) atoms. The Bertz CT molecular complexity index is 648. The molecule has 0 spiro atoms. The molecule has 1 aliphatic rings. The fourth-order valence-electron chi connectivity index (χ4n) is 2.93. The van der Waals surface area contributed by atoms with Crippen LogP contribution in [0.5, 0.6) is 0 Å². The van der Waals surface area contributed by atoms with E-state index < -0.39 is 11.7 Å². The predicted molar refractivity (Wildman–Crippen MR) is 77.1 cm³/mol. The largest absolute Gasteiger partial charge is 0.416 e. The minimum absolute atomic E-state index is 0.0952. The molecule has 1 nitrogen and oxygen atoms in total. The van der Waals surface area contributed by atoms with E-state index in [1.807, 2.05) is 18.2 Å². The van der Waals surface area contributed by atoms with E-state index in [2.05, 4.69) is 18.3 Å². The first-order chi connectivity index (χ1) is 9.95. The fraction of sp³-hybridized carbons (Fsp3) is 0.294. The van der Waals surface area contributed by atoms with Gasteiger partial charge < -0.3 is 5.32 Å². The molecule has 3 rings (SSSR count). The molecule has 0 bridgehead atoms. The molecule has 0 aliphatic carbocycles. The highest BCUT2D eigenvalue weighted by Gasteiger charge is 2.32. The van der Waals surface area contributed by atoms with Gasteiger partial charge in [-0.05, 0) is 41.7 Å². The zero-order chi connectivity index (χ0) is 15.0. The summed E-state index contributed by atoms with van der Waals surface area (Å²) in [6.07, 6.45) is -3.43. The van der Waals surface area contributed by atoms with Gasteiger partial charge in [-0.25, -0.2) is 0 Å². The fourth-order valence-corrected chi connectivity index (χ4v) is 2.93. The molecule has 2 atom stereocenters. The van der Waals surface area contributed by atoms with Gasteiger partial charge in [0.1, 0.15) is 0 Å². The van der Waals surface area contributed by atoms with Gasteiger partial charge in [-0.2, -0.15) is 13.2 Å². The van der Waals surface area contributed by atoms with Crippen molar-refractivity contribution >= 4 is 5.69 Å². The summed E-state index contributed by atoms with van der Waals surface area (Å²) in [4.78, 5) is 0. The third-order valence-corrected chi connectivity index (χ3v) is 4.01. The number of hydrogen-bond donors (Lipinski definition) is 1. The highest BCUT2D eigenvalue weighted by atomic mass is 19.4. The first-order valence-corrected chi connectivity index (χ1v) is 6.97. The molecular weight excluding hydrogens is 275 g/mol. The van der Waals surface area contributed by atoms with E-state index in [1.54, 1.807) is 6.07 Å². The van der Waals surface area contributed by atoms with Gasteiger partial charge in [0.15, 0.2) is 0 Å². The monoisotopic (exact) mass is 291 g/mol. The molecule has 1 aliphatic heterocycles. The van der Waals surface area contributed by atoms with Gasteiger partial charge in [0, 0.05) is 5.69 Å². The van der Waals surface area contributed by atoms with Gasteiger partial charge >= 0.3 is 6.18 Å². The van der Waals surface area contributed by atoms with E-state index in [0.29, 0.717) is 5.56 Å². The van der Waals surface area contributed by atoms with Crippen molar-refractivity contribution in [1.29, 1.82) is 0 Å². The van der Waals surface area contributed by atoms with Gasteiger partial charge in [0.2, 0.25) is 0 Å². The zero-order valence-corrected chi connectivity index (χ0v) is 11.6. The minimum atomic E-state index is -4.30. The Morgan fingerprint density at radius 3 is 2.57 bits per heavy atom. The van der Waals surface area contributed by atoms with Gasteiger partial charge in [-0.3, -0.25) is 0 Å². The van der Waals surface area contributed by atoms with E-state index in [-0.39, 0.29) is 12.0 Å². The van der Waals surface area contributed by atoms with E-state index in [1.165, 1.54) is 17.7 Å². The number of alkyl halides is 3. The third-order valence-electron chi connectivity index (χ3n) is 4.01. The lowest BCUT2D eigenvalue weighted by Gasteiger charge is -2.33. The van der Waals surface area contributed by atoms with Gasteiger partial charge in [-0.1, -0.05) is 37.3 Å². The first kappa shape index (κ1) is 14.0. The summed E-state index contributed by atoms with van der Waals surface area (Å²) in [6, 6.07) is 13.5. The Kier molecular flexibility index (Phi) is 3.40. The lowest BCUT2D eigenvalue weighted by atomic mass is 9.84. The normalized spacial score (nSPS) is 21.5. The summed E-state index contributed by atoms with van der Waals surface area (Å²) in [5.41, 5.74) is 2.32. The summed E-state index contributed by atoms with van der Waals surface area (Å²) in [6.45, 7) is 2.06. The van der Waals surface area contributed by atoms with Crippen LogP contribution in [0.15, 0.2) is 48.5 Å². The quantitative estimate of drug-likeness (QED) is 0.775. The van der Waals surface area contributed by atoms with Gasteiger partial charge in [-0.15, -0.1) is 0 Å². The third kappa shape index (κ3) is 2.75. The highest BCUT2D eigenvalue weighted by Crippen LogP contribution is 2.38. The molecule has 110 valence electrons. The van der Waals surface area contributed by atoms with E-state index in [4.69, 9.17) is 0 Å². The number of fused-ring (bicyclic) bond motifs is 1. The predicted octanol–water partition coefficient (Wildman–Crippen LogP) is 5.05. The second-order valence-corrected chi connectivity index (χ2v) is 5.58.